The van der Waals surface area contributed by atoms with Gasteiger partial charge in [0.15, 0.2) is 6.10 Å². The van der Waals surface area contributed by atoms with Crippen LogP contribution in [0.5, 0.6) is 5.75 Å². The standard InChI is InChI=1S/C14H18N2O4S/c1-18-9-3-4-10(13(15)21)11(7-9)16-5-6-20-12(8-16)14(17)19-2/h3-4,7,12H,5-6,8H2,1-2H3,(H2,15,21). The SMILES string of the molecule is COC(=O)C1CN(c2cc(OC)ccc2C(N)=S)CCO1. The Morgan fingerprint density at radius 1 is 1.48 bits per heavy atom. The molecule has 1 atom stereocenters. The Balaban J connectivity index is 2.31. The van der Waals surface area contributed by atoms with Crippen molar-refractivity contribution < 1.29 is 19.0 Å². The molecule has 0 bridgehead atoms. The van der Waals surface area contributed by atoms with E-state index in [1.807, 2.05) is 17.0 Å². The van der Waals surface area contributed by atoms with Crippen LogP contribution in [0.2, 0.25) is 0 Å². The Morgan fingerprint density at radius 2 is 2.24 bits per heavy atom. The lowest BCUT2D eigenvalue weighted by atomic mass is 10.1. The molecule has 0 amide bonds. The number of benzene rings is 1. The van der Waals surface area contributed by atoms with Crippen molar-refractivity contribution in [2.75, 3.05) is 38.8 Å². The van der Waals surface area contributed by atoms with Gasteiger partial charge >= 0.3 is 5.97 Å². The normalized spacial score (nSPS) is 18.2. The summed E-state index contributed by atoms with van der Waals surface area (Å²) < 4.78 is 15.4. The van der Waals surface area contributed by atoms with Gasteiger partial charge in [0.1, 0.15) is 10.7 Å². The second kappa shape index (κ2) is 6.73. The molecule has 0 radical (unpaired) electrons. The number of hydrogen-bond donors (Lipinski definition) is 1. The molecular formula is C14H18N2O4S. The highest BCUT2D eigenvalue weighted by molar-refractivity contribution is 7.80. The Labute approximate surface area is 128 Å². The fraction of sp³-hybridized carbons (Fsp3) is 0.429. The first kappa shape index (κ1) is 15.5. The quantitative estimate of drug-likeness (QED) is 0.648. The number of methoxy groups -OCH3 is 2. The van der Waals surface area contributed by atoms with Crippen LogP contribution >= 0.6 is 12.2 Å². The molecule has 1 heterocycles. The lowest BCUT2D eigenvalue weighted by Crippen LogP contribution is -2.47. The van der Waals surface area contributed by atoms with E-state index in [0.29, 0.717) is 30.4 Å². The molecule has 1 fully saturated rings. The topological polar surface area (TPSA) is 74.0 Å². The molecule has 2 N–H and O–H groups in total. The number of esters is 1. The van der Waals surface area contributed by atoms with Crippen molar-refractivity contribution in [3.63, 3.8) is 0 Å². The summed E-state index contributed by atoms with van der Waals surface area (Å²) in [7, 11) is 2.94. The maximum Gasteiger partial charge on any atom is 0.336 e. The van der Waals surface area contributed by atoms with E-state index < -0.39 is 6.10 Å². The highest BCUT2D eigenvalue weighted by Crippen LogP contribution is 2.28. The zero-order valence-electron chi connectivity index (χ0n) is 12.0. The van der Waals surface area contributed by atoms with Crippen molar-refractivity contribution in [1.82, 2.24) is 0 Å². The van der Waals surface area contributed by atoms with E-state index in [2.05, 4.69) is 0 Å². The lowest BCUT2D eigenvalue weighted by molar-refractivity contribution is -0.154. The van der Waals surface area contributed by atoms with Crippen LogP contribution in [-0.2, 0) is 14.3 Å². The molecule has 6 nitrogen and oxygen atoms in total. The minimum Gasteiger partial charge on any atom is -0.497 e. The van der Waals surface area contributed by atoms with Gasteiger partial charge in [-0.1, -0.05) is 12.2 Å². The number of nitrogens with two attached hydrogens (primary N) is 1. The number of morpholine rings is 1. The van der Waals surface area contributed by atoms with Crippen LogP contribution in [0.3, 0.4) is 0 Å². The van der Waals surface area contributed by atoms with Crippen LogP contribution in [-0.4, -0.2) is 51.0 Å². The first-order chi connectivity index (χ1) is 10.1. The number of hydrogen-bond acceptors (Lipinski definition) is 6. The molecule has 1 aromatic rings. The van der Waals surface area contributed by atoms with Crippen molar-refractivity contribution >= 4 is 28.9 Å². The molecule has 0 saturated carbocycles. The molecule has 1 aromatic carbocycles. The van der Waals surface area contributed by atoms with Crippen LogP contribution in [0.1, 0.15) is 5.56 Å². The van der Waals surface area contributed by atoms with Gasteiger partial charge in [0, 0.05) is 18.2 Å². The van der Waals surface area contributed by atoms with Gasteiger partial charge in [0.25, 0.3) is 0 Å². The third-order valence-corrected chi connectivity index (χ3v) is 3.56. The summed E-state index contributed by atoms with van der Waals surface area (Å²) in [6, 6.07) is 5.48. The van der Waals surface area contributed by atoms with E-state index in [-0.39, 0.29) is 5.97 Å². The molecule has 0 aliphatic carbocycles. The first-order valence-corrected chi connectivity index (χ1v) is 6.90. The summed E-state index contributed by atoms with van der Waals surface area (Å²) in [4.78, 5) is 13.9. The van der Waals surface area contributed by atoms with Crippen molar-refractivity contribution in [2.24, 2.45) is 5.73 Å². The third-order valence-electron chi connectivity index (χ3n) is 3.34. The van der Waals surface area contributed by atoms with Crippen molar-refractivity contribution in [3.8, 4) is 5.75 Å². The number of thiocarbonyl (C=S) groups is 1. The van der Waals surface area contributed by atoms with Gasteiger partial charge in [-0.25, -0.2) is 4.79 Å². The Hall–Kier alpha value is -1.86. The smallest absolute Gasteiger partial charge is 0.336 e. The average Bonchev–Trinajstić information content (AvgIpc) is 2.53. The second-order valence-electron chi connectivity index (χ2n) is 4.58. The summed E-state index contributed by atoms with van der Waals surface area (Å²) in [5, 5.41) is 0. The van der Waals surface area contributed by atoms with E-state index >= 15 is 0 Å². The van der Waals surface area contributed by atoms with Crippen molar-refractivity contribution in [1.29, 1.82) is 0 Å². The fourth-order valence-corrected chi connectivity index (χ4v) is 2.42. The van der Waals surface area contributed by atoms with Crippen LogP contribution in [0, 0.1) is 0 Å². The molecule has 1 unspecified atom stereocenters. The fourth-order valence-electron chi connectivity index (χ4n) is 2.25. The molecule has 114 valence electrons. The molecule has 21 heavy (non-hydrogen) atoms. The minimum atomic E-state index is -0.617. The van der Waals surface area contributed by atoms with Crippen LogP contribution < -0.4 is 15.4 Å². The summed E-state index contributed by atoms with van der Waals surface area (Å²) >= 11 is 5.09. The van der Waals surface area contributed by atoms with E-state index in [0.717, 1.165) is 11.3 Å². The maximum absolute atomic E-state index is 11.6. The van der Waals surface area contributed by atoms with E-state index in [1.165, 1.54) is 7.11 Å². The Bertz CT molecular complexity index is 550. The second-order valence-corrected chi connectivity index (χ2v) is 5.02. The number of ether oxygens (including phenoxy) is 3. The van der Waals surface area contributed by atoms with Gasteiger partial charge in [-0.05, 0) is 12.1 Å². The molecule has 1 aliphatic heterocycles. The van der Waals surface area contributed by atoms with E-state index in [4.69, 9.17) is 32.2 Å². The highest BCUT2D eigenvalue weighted by Gasteiger charge is 2.29. The third kappa shape index (κ3) is 3.43. The summed E-state index contributed by atoms with van der Waals surface area (Å²) in [5.74, 6) is 0.311. The summed E-state index contributed by atoms with van der Waals surface area (Å²) in [5.41, 5.74) is 7.35. The number of rotatable bonds is 4. The lowest BCUT2D eigenvalue weighted by Gasteiger charge is -2.34. The van der Waals surface area contributed by atoms with Crippen LogP contribution in [0.15, 0.2) is 18.2 Å². The van der Waals surface area contributed by atoms with Gasteiger partial charge in [-0.15, -0.1) is 0 Å². The summed E-state index contributed by atoms with van der Waals surface area (Å²) in [6.07, 6.45) is -0.617. The van der Waals surface area contributed by atoms with Gasteiger partial charge in [0.05, 0.1) is 33.1 Å². The minimum absolute atomic E-state index is 0.300. The van der Waals surface area contributed by atoms with Crippen molar-refractivity contribution in [3.05, 3.63) is 23.8 Å². The zero-order valence-corrected chi connectivity index (χ0v) is 12.8. The van der Waals surface area contributed by atoms with E-state index in [9.17, 15) is 4.79 Å². The van der Waals surface area contributed by atoms with Crippen LogP contribution in [0.4, 0.5) is 5.69 Å². The largest absolute Gasteiger partial charge is 0.497 e. The Kier molecular flexibility index (Phi) is 4.98. The van der Waals surface area contributed by atoms with Crippen LogP contribution in [0.25, 0.3) is 0 Å². The predicted molar refractivity (Wildman–Crippen MR) is 82.9 cm³/mol. The average molecular weight is 310 g/mol. The highest BCUT2D eigenvalue weighted by atomic mass is 32.1. The molecule has 0 aromatic heterocycles. The molecule has 2 rings (SSSR count). The summed E-state index contributed by atoms with van der Waals surface area (Å²) in [6.45, 7) is 1.44. The van der Waals surface area contributed by atoms with Gasteiger partial charge in [0.2, 0.25) is 0 Å². The number of nitrogens with zero attached hydrogens (tertiary/aromatic N) is 1. The monoisotopic (exact) mass is 310 g/mol. The van der Waals surface area contributed by atoms with Crippen molar-refractivity contribution in [2.45, 2.75) is 6.10 Å². The number of carbonyl (C=O) groups is 1. The molecule has 0 spiro atoms. The molecular weight excluding hydrogens is 292 g/mol. The first-order valence-electron chi connectivity index (χ1n) is 6.49. The molecule has 1 aliphatic rings. The van der Waals surface area contributed by atoms with Gasteiger partial charge < -0.3 is 24.8 Å². The molecule has 1 saturated heterocycles. The van der Waals surface area contributed by atoms with E-state index in [1.54, 1.807) is 13.2 Å². The number of anilines is 1. The maximum atomic E-state index is 11.6. The van der Waals surface area contributed by atoms with Gasteiger partial charge in [-0.2, -0.15) is 0 Å². The van der Waals surface area contributed by atoms with Gasteiger partial charge in [-0.3, -0.25) is 0 Å². The number of carbonyl (C=O) groups excluding carboxylic acids is 1. The Morgan fingerprint density at radius 3 is 2.86 bits per heavy atom. The zero-order chi connectivity index (χ0) is 15.4. The predicted octanol–water partition coefficient (Wildman–Crippen LogP) is 0.708. The molecule has 7 heteroatoms.